The maximum atomic E-state index is 11.8. The molecule has 0 aliphatic heterocycles. The molecule has 0 spiro atoms. The van der Waals surface area contributed by atoms with Gasteiger partial charge in [0.1, 0.15) is 11.8 Å². The van der Waals surface area contributed by atoms with Gasteiger partial charge >= 0.3 is 5.97 Å². The van der Waals surface area contributed by atoms with Crippen LogP contribution in [0.3, 0.4) is 0 Å². The van der Waals surface area contributed by atoms with E-state index in [1.54, 1.807) is 12.1 Å². The SMILES string of the molecule is CCOc1c(Cl)cc(Cl)cc1CN[C@@H](Cc1c[nH]c2ccccc12)C(=O)O. The van der Waals surface area contributed by atoms with Crippen LogP contribution < -0.4 is 10.1 Å². The molecule has 3 N–H and O–H groups in total. The van der Waals surface area contributed by atoms with E-state index in [9.17, 15) is 9.90 Å². The van der Waals surface area contributed by atoms with Crippen molar-refractivity contribution in [3.05, 3.63) is 63.8 Å². The third-order valence-electron chi connectivity index (χ3n) is 4.31. The minimum absolute atomic E-state index is 0.273. The largest absolute Gasteiger partial charge is 0.492 e. The van der Waals surface area contributed by atoms with Crippen LogP contribution in [0.1, 0.15) is 18.1 Å². The summed E-state index contributed by atoms with van der Waals surface area (Å²) in [6.07, 6.45) is 2.20. The molecule has 0 saturated carbocycles. The number of aromatic amines is 1. The number of carboxylic acids is 1. The molecule has 142 valence electrons. The van der Waals surface area contributed by atoms with E-state index in [-0.39, 0.29) is 6.54 Å². The summed E-state index contributed by atoms with van der Waals surface area (Å²) in [5.74, 6) is -0.404. The van der Waals surface area contributed by atoms with Crippen molar-refractivity contribution >= 4 is 40.1 Å². The molecule has 2 aromatic carbocycles. The van der Waals surface area contributed by atoms with Crippen LogP contribution in [0, 0.1) is 0 Å². The van der Waals surface area contributed by atoms with Crippen LogP contribution in [0.15, 0.2) is 42.6 Å². The first-order valence-corrected chi connectivity index (χ1v) is 9.37. The average molecular weight is 407 g/mol. The van der Waals surface area contributed by atoms with Crippen LogP contribution >= 0.6 is 23.2 Å². The fourth-order valence-electron chi connectivity index (χ4n) is 3.05. The quantitative estimate of drug-likeness (QED) is 0.508. The Labute approximate surface area is 167 Å². The van der Waals surface area contributed by atoms with Crippen molar-refractivity contribution in [3.63, 3.8) is 0 Å². The monoisotopic (exact) mass is 406 g/mol. The second-order valence-corrected chi connectivity index (χ2v) is 6.99. The summed E-state index contributed by atoms with van der Waals surface area (Å²) in [6, 6.07) is 10.4. The van der Waals surface area contributed by atoms with Gasteiger partial charge in [-0.15, -0.1) is 0 Å². The Morgan fingerprint density at radius 1 is 1.26 bits per heavy atom. The molecule has 0 unspecified atom stereocenters. The predicted molar refractivity (Wildman–Crippen MR) is 108 cm³/mol. The van der Waals surface area contributed by atoms with Crippen molar-refractivity contribution in [1.29, 1.82) is 0 Å². The summed E-state index contributed by atoms with van der Waals surface area (Å²) in [7, 11) is 0. The van der Waals surface area contributed by atoms with E-state index in [2.05, 4.69) is 10.3 Å². The molecule has 0 aliphatic carbocycles. The number of aliphatic carboxylic acids is 1. The molecule has 3 rings (SSSR count). The van der Waals surface area contributed by atoms with Crippen molar-refractivity contribution in [2.75, 3.05) is 6.61 Å². The van der Waals surface area contributed by atoms with Gasteiger partial charge in [0, 0.05) is 40.7 Å². The van der Waals surface area contributed by atoms with Crippen LogP contribution in [0.25, 0.3) is 10.9 Å². The molecule has 1 aromatic heterocycles. The van der Waals surface area contributed by atoms with E-state index in [0.29, 0.717) is 28.8 Å². The molecule has 0 bridgehead atoms. The van der Waals surface area contributed by atoms with E-state index in [1.807, 2.05) is 37.4 Å². The zero-order valence-electron chi connectivity index (χ0n) is 14.8. The number of carbonyl (C=O) groups is 1. The number of hydrogen-bond donors (Lipinski definition) is 3. The Morgan fingerprint density at radius 3 is 2.78 bits per heavy atom. The van der Waals surface area contributed by atoms with Crippen LogP contribution in [0.5, 0.6) is 5.75 Å². The van der Waals surface area contributed by atoms with E-state index in [1.165, 1.54) is 0 Å². The molecule has 0 aliphatic rings. The first kappa shape index (κ1) is 19.5. The highest BCUT2D eigenvalue weighted by Crippen LogP contribution is 2.32. The summed E-state index contributed by atoms with van der Waals surface area (Å²) in [5, 5.41) is 14.6. The summed E-state index contributed by atoms with van der Waals surface area (Å²) in [6.45, 7) is 2.58. The zero-order chi connectivity index (χ0) is 19.4. The molecular formula is C20H20Cl2N2O3. The van der Waals surface area contributed by atoms with Crippen LogP contribution in [-0.2, 0) is 17.8 Å². The number of benzene rings is 2. The van der Waals surface area contributed by atoms with Gasteiger partial charge in [-0.2, -0.15) is 0 Å². The lowest BCUT2D eigenvalue weighted by molar-refractivity contribution is -0.139. The number of fused-ring (bicyclic) bond motifs is 1. The van der Waals surface area contributed by atoms with Gasteiger partial charge in [-0.25, -0.2) is 0 Å². The van der Waals surface area contributed by atoms with Crippen molar-refractivity contribution in [2.45, 2.75) is 25.9 Å². The maximum absolute atomic E-state index is 11.8. The van der Waals surface area contributed by atoms with Crippen molar-refractivity contribution in [3.8, 4) is 5.75 Å². The molecule has 0 amide bonds. The fourth-order valence-corrected chi connectivity index (χ4v) is 3.64. The number of ether oxygens (including phenoxy) is 1. The molecule has 7 heteroatoms. The summed E-state index contributed by atoms with van der Waals surface area (Å²) in [5.41, 5.74) is 2.65. The summed E-state index contributed by atoms with van der Waals surface area (Å²) >= 11 is 12.3. The van der Waals surface area contributed by atoms with Crippen LogP contribution in [0.4, 0.5) is 0 Å². The molecule has 3 aromatic rings. The second-order valence-electron chi connectivity index (χ2n) is 6.14. The topological polar surface area (TPSA) is 74.3 Å². The minimum atomic E-state index is -0.925. The molecule has 1 heterocycles. The first-order chi connectivity index (χ1) is 13.0. The summed E-state index contributed by atoms with van der Waals surface area (Å²) < 4.78 is 5.60. The van der Waals surface area contributed by atoms with Crippen molar-refractivity contribution in [2.24, 2.45) is 0 Å². The Kier molecular flexibility index (Phi) is 6.26. The minimum Gasteiger partial charge on any atom is -0.492 e. The zero-order valence-corrected chi connectivity index (χ0v) is 16.3. The van der Waals surface area contributed by atoms with Gasteiger partial charge in [-0.1, -0.05) is 41.4 Å². The Bertz CT molecular complexity index is 956. The molecular weight excluding hydrogens is 387 g/mol. The van der Waals surface area contributed by atoms with Gasteiger partial charge in [0.25, 0.3) is 0 Å². The van der Waals surface area contributed by atoms with E-state index in [4.69, 9.17) is 27.9 Å². The average Bonchev–Trinajstić information content (AvgIpc) is 3.04. The smallest absolute Gasteiger partial charge is 0.321 e. The number of hydrogen-bond acceptors (Lipinski definition) is 3. The van der Waals surface area contributed by atoms with Gasteiger partial charge in [0.2, 0.25) is 0 Å². The van der Waals surface area contributed by atoms with Crippen molar-refractivity contribution < 1.29 is 14.6 Å². The van der Waals surface area contributed by atoms with Crippen molar-refractivity contribution in [1.82, 2.24) is 10.3 Å². The predicted octanol–water partition coefficient (Wildman–Crippen LogP) is 4.66. The van der Waals surface area contributed by atoms with Gasteiger partial charge in [-0.3, -0.25) is 10.1 Å². The Hall–Kier alpha value is -2.21. The lowest BCUT2D eigenvalue weighted by Gasteiger charge is -2.17. The summed E-state index contributed by atoms with van der Waals surface area (Å²) in [4.78, 5) is 14.9. The van der Waals surface area contributed by atoms with Gasteiger partial charge in [0.15, 0.2) is 0 Å². The lowest BCUT2D eigenvalue weighted by Crippen LogP contribution is -2.38. The van der Waals surface area contributed by atoms with E-state index >= 15 is 0 Å². The number of para-hydroxylation sites is 1. The number of rotatable bonds is 8. The standard InChI is InChI=1S/C20H20Cl2N2O3/c1-2-27-19-13(7-14(21)9-16(19)22)11-24-18(20(25)26)8-12-10-23-17-6-4-3-5-15(12)17/h3-7,9-10,18,23-24H,2,8,11H2,1H3,(H,25,26)/t18-/m0/s1. The number of nitrogens with one attached hydrogen (secondary N) is 2. The molecule has 0 radical (unpaired) electrons. The molecule has 1 atom stereocenters. The fraction of sp³-hybridized carbons (Fsp3) is 0.250. The van der Waals surface area contributed by atoms with E-state index < -0.39 is 12.0 Å². The number of aromatic nitrogens is 1. The van der Waals surface area contributed by atoms with Crippen LogP contribution in [-0.4, -0.2) is 28.7 Å². The number of H-pyrrole nitrogens is 1. The first-order valence-electron chi connectivity index (χ1n) is 8.61. The van der Waals surface area contributed by atoms with Gasteiger partial charge < -0.3 is 14.8 Å². The Morgan fingerprint density at radius 2 is 2.04 bits per heavy atom. The highest BCUT2D eigenvalue weighted by atomic mass is 35.5. The lowest BCUT2D eigenvalue weighted by atomic mass is 10.0. The van der Waals surface area contributed by atoms with Gasteiger partial charge in [-0.05, 0) is 30.7 Å². The highest BCUT2D eigenvalue weighted by molar-refractivity contribution is 6.35. The third kappa shape index (κ3) is 4.56. The highest BCUT2D eigenvalue weighted by Gasteiger charge is 2.20. The second kappa shape index (κ2) is 8.65. The molecule has 0 saturated heterocycles. The molecule has 0 fully saturated rings. The number of carboxylic acid groups (broad SMARTS) is 1. The molecule has 5 nitrogen and oxygen atoms in total. The normalized spacial score (nSPS) is 12.3. The molecule has 27 heavy (non-hydrogen) atoms. The van der Waals surface area contributed by atoms with Gasteiger partial charge in [0.05, 0.1) is 11.6 Å². The maximum Gasteiger partial charge on any atom is 0.321 e. The number of halogens is 2. The third-order valence-corrected chi connectivity index (χ3v) is 4.81. The van der Waals surface area contributed by atoms with E-state index in [0.717, 1.165) is 22.0 Å². The Balaban J connectivity index is 1.79. The van der Waals surface area contributed by atoms with Crippen LogP contribution in [0.2, 0.25) is 10.0 Å².